The van der Waals surface area contributed by atoms with Gasteiger partial charge in [0.25, 0.3) is 0 Å². The van der Waals surface area contributed by atoms with Crippen molar-refractivity contribution in [3.8, 4) is 0 Å². The van der Waals surface area contributed by atoms with Crippen molar-refractivity contribution in [2.75, 3.05) is 44.3 Å². The highest BCUT2D eigenvalue weighted by atomic mass is 16.5. The number of aromatic amines is 1. The van der Waals surface area contributed by atoms with Crippen molar-refractivity contribution >= 4 is 22.8 Å². The molecule has 218 valence electrons. The quantitative estimate of drug-likeness (QED) is 0.343. The van der Waals surface area contributed by atoms with E-state index < -0.39 is 0 Å². The fraction of sp³-hybridized carbons (Fsp3) is 0.548. The molecule has 41 heavy (non-hydrogen) atoms. The van der Waals surface area contributed by atoms with Gasteiger partial charge in [0.2, 0.25) is 5.91 Å². The van der Waals surface area contributed by atoms with E-state index in [4.69, 9.17) is 4.74 Å². The van der Waals surface area contributed by atoms with Crippen LogP contribution in [0.1, 0.15) is 61.4 Å². The summed E-state index contributed by atoms with van der Waals surface area (Å²) >= 11 is 0. The van der Waals surface area contributed by atoms with Gasteiger partial charge < -0.3 is 25.3 Å². The molecule has 10 heteroatoms. The number of hydrogen-bond acceptors (Lipinski definition) is 8. The number of nitrogens with one attached hydrogen (secondary N) is 3. The predicted octanol–water partition coefficient (Wildman–Crippen LogP) is 3.27. The lowest BCUT2D eigenvalue weighted by Gasteiger charge is -2.33. The first kappa shape index (κ1) is 27.8. The molecule has 1 amide bonds. The molecule has 6 rings (SSSR count). The fourth-order valence-electron chi connectivity index (χ4n) is 6.61. The lowest BCUT2D eigenvalue weighted by Crippen LogP contribution is -2.46. The van der Waals surface area contributed by atoms with Crippen molar-refractivity contribution in [2.24, 2.45) is 0 Å². The van der Waals surface area contributed by atoms with Crippen LogP contribution >= 0.6 is 0 Å². The van der Waals surface area contributed by atoms with Gasteiger partial charge in [0.05, 0.1) is 24.3 Å². The van der Waals surface area contributed by atoms with Gasteiger partial charge in [-0.3, -0.25) is 14.7 Å². The zero-order valence-corrected chi connectivity index (χ0v) is 23.9. The molecule has 3 fully saturated rings. The van der Waals surface area contributed by atoms with Crippen LogP contribution in [0.5, 0.6) is 0 Å². The molecule has 3 aliphatic rings. The molecule has 1 aliphatic carbocycles. The van der Waals surface area contributed by atoms with Gasteiger partial charge in [0.15, 0.2) is 0 Å². The minimum absolute atomic E-state index is 0.0864. The second-order valence-electron chi connectivity index (χ2n) is 11.7. The maximum Gasteiger partial charge on any atom is 0.243 e. The third-order valence-electron chi connectivity index (χ3n) is 8.80. The highest BCUT2D eigenvalue weighted by Crippen LogP contribution is 2.35. The first-order valence-electron chi connectivity index (χ1n) is 15.1. The molecule has 3 aromatic rings. The van der Waals surface area contributed by atoms with Crippen molar-refractivity contribution in [1.82, 2.24) is 35.5 Å². The number of piperidine rings is 1. The summed E-state index contributed by atoms with van der Waals surface area (Å²) in [7, 11) is 0. The highest BCUT2D eigenvalue weighted by molar-refractivity contribution is 5.88. The maximum atomic E-state index is 11.7. The summed E-state index contributed by atoms with van der Waals surface area (Å²) in [6.45, 7) is 10.4. The Hall–Kier alpha value is -3.34. The summed E-state index contributed by atoms with van der Waals surface area (Å²) < 4.78 is 5.53. The van der Waals surface area contributed by atoms with E-state index in [-0.39, 0.29) is 11.9 Å². The molecule has 5 heterocycles. The zero-order valence-electron chi connectivity index (χ0n) is 23.9. The lowest BCUT2D eigenvalue weighted by molar-refractivity contribution is -0.117. The van der Waals surface area contributed by atoms with Crippen LogP contribution < -0.4 is 15.5 Å². The number of H-pyrrole nitrogens is 1. The summed E-state index contributed by atoms with van der Waals surface area (Å²) in [6, 6.07) is 7.31. The van der Waals surface area contributed by atoms with Crippen LogP contribution in [0, 0.1) is 0 Å². The Labute approximate surface area is 242 Å². The molecule has 2 aliphatic heterocycles. The second kappa shape index (κ2) is 13.1. The third kappa shape index (κ3) is 6.94. The molecule has 1 atom stereocenters. The van der Waals surface area contributed by atoms with E-state index in [1.807, 2.05) is 6.20 Å². The van der Waals surface area contributed by atoms with Crippen LogP contribution in [-0.2, 0) is 22.6 Å². The molecule has 10 nitrogen and oxygen atoms in total. The number of likely N-dealkylation sites (tertiary alicyclic amines) is 1. The fourth-order valence-corrected chi connectivity index (χ4v) is 6.61. The van der Waals surface area contributed by atoms with Crippen molar-refractivity contribution in [1.29, 1.82) is 0 Å². The van der Waals surface area contributed by atoms with Gasteiger partial charge in [-0.2, -0.15) is 0 Å². The number of fused-ring (bicyclic) bond motifs is 1. The molecule has 2 saturated heterocycles. The van der Waals surface area contributed by atoms with Crippen LogP contribution in [0.15, 0.2) is 43.4 Å². The van der Waals surface area contributed by atoms with Gasteiger partial charge in [-0.1, -0.05) is 6.58 Å². The maximum absolute atomic E-state index is 11.7. The molecule has 1 saturated carbocycles. The summed E-state index contributed by atoms with van der Waals surface area (Å²) in [6.07, 6.45) is 11.7. The number of amides is 1. The van der Waals surface area contributed by atoms with E-state index >= 15 is 0 Å². The summed E-state index contributed by atoms with van der Waals surface area (Å²) in [5, 5.41) is 7.95. The number of anilines is 1. The first-order valence-corrected chi connectivity index (χ1v) is 15.1. The average molecular weight is 559 g/mol. The summed E-state index contributed by atoms with van der Waals surface area (Å²) in [5.41, 5.74) is 4.58. The zero-order chi connectivity index (χ0) is 28.0. The minimum atomic E-state index is -0.0864. The number of carbonyl (C=O) groups excluding carboxylic acids is 1. The number of aromatic nitrogens is 4. The highest BCUT2D eigenvalue weighted by Gasteiger charge is 2.25. The Morgan fingerprint density at radius 1 is 1.07 bits per heavy atom. The van der Waals surface area contributed by atoms with Gasteiger partial charge in [-0.05, 0) is 80.8 Å². The standard InChI is InChI=1S/C31H42N8O2/c1-2-29(40)36-25-4-3-11-38(20-25)19-22-9-10-32-26(16-22)18-33-24-7-5-23(6-8-24)28-17-27-30(37-28)34-21-35-31(27)39-12-14-41-15-13-39/h2,9-10,16-17,21,23-25,33H,1,3-8,11-15,18-20H2,(H,36,40)(H,34,35,37). The summed E-state index contributed by atoms with van der Waals surface area (Å²) in [4.78, 5) is 33.8. The van der Waals surface area contributed by atoms with Gasteiger partial charge >= 0.3 is 0 Å². The molecular formula is C31H42N8O2. The number of nitrogens with zero attached hydrogens (tertiary/aromatic N) is 5. The molecule has 0 spiro atoms. The Balaban J connectivity index is 0.993. The molecule has 0 bridgehead atoms. The van der Waals surface area contributed by atoms with Crippen LogP contribution in [0.4, 0.5) is 5.82 Å². The van der Waals surface area contributed by atoms with Crippen LogP contribution in [0.25, 0.3) is 11.0 Å². The molecule has 3 N–H and O–H groups in total. The smallest absolute Gasteiger partial charge is 0.243 e. The Morgan fingerprint density at radius 2 is 1.93 bits per heavy atom. The predicted molar refractivity (Wildman–Crippen MR) is 160 cm³/mol. The van der Waals surface area contributed by atoms with Crippen molar-refractivity contribution < 1.29 is 9.53 Å². The van der Waals surface area contributed by atoms with Gasteiger partial charge in [0, 0.05) is 56.7 Å². The largest absolute Gasteiger partial charge is 0.378 e. The number of morpholine rings is 1. The normalized spacial score (nSPS) is 23.9. The van der Waals surface area contributed by atoms with Crippen LogP contribution in [0.2, 0.25) is 0 Å². The van der Waals surface area contributed by atoms with Gasteiger partial charge in [-0.15, -0.1) is 0 Å². The minimum Gasteiger partial charge on any atom is -0.378 e. The monoisotopic (exact) mass is 558 g/mol. The molecule has 0 aromatic carbocycles. The van der Waals surface area contributed by atoms with Gasteiger partial charge in [0.1, 0.15) is 17.8 Å². The SMILES string of the molecule is C=CC(=O)NC1CCCN(Cc2ccnc(CNC3CCC(c4cc5c(N6CCOCC6)ncnc5[nH]4)CC3)c2)C1. The second-order valence-corrected chi connectivity index (χ2v) is 11.7. The van der Waals surface area contributed by atoms with Crippen LogP contribution in [0.3, 0.4) is 0 Å². The molecule has 3 aromatic heterocycles. The van der Waals surface area contributed by atoms with Crippen LogP contribution in [-0.4, -0.2) is 82.2 Å². The van der Waals surface area contributed by atoms with E-state index in [0.29, 0.717) is 12.0 Å². The number of hydrogen-bond donors (Lipinski definition) is 3. The molecule has 1 unspecified atom stereocenters. The Kier molecular flexibility index (Phi) is 8.88. The number of carbonyl (C=O) groups is 1. The van der Waals surface area contributed by atoms with E-state index in [1.54, 1.807) is 6.33 Å². The van der Waals surface area contributed by atoms with Crippen molar-refractivity contribution in [3.05, 3.63) is 60.3 Å². The van der Waals surface area contributed by atoms with E-state index in [9.17, 15) is 4.79 Å². The molecular weight excluding hydrogens is 516 g/mol. The first-order chi connectivity index (χ1) is 20.1. The van der Waals surface area contributed by atoms with Crippen molar-refractivity contribution in [2.45, 2.75) is 69.6 Å². The lowest BCUT2D eigenvalue weighted by atomic mass is 9.84. The van der Waals surface area contributed by atoms with E-state index in [2.05, 4.69) is 65.1 Å². The molecule has 0 radical (unpaired) electrons. The van der Waals surface area contributed by atoms with E-state index in [1.165, 1.54) is 17.3 Å². The van der Waals surface area contributed by atoms with Crippen molar-refractivity contribution in [3.63, 3.8) is 0 Å². The topological polar surface area (TPSA) is 111 Å². The Bertz CT molecular complexity index is 1330. The van der Waals surface area contributed by atoms with E-state index in [0.717, 1.165) is 114 Å². The number of pyridine rings is 1. The Morgan fingerprint density at radius 3 is 2.76 bits per heavy atom. The van der Waals surface area contributed by atoms with Gasteiger partial charge in [-0.25, -0.2) is 9.97 Å². The number of ether oxygens (including phenoxy) is 1. The number of rotatable bonds is 9. The third-order valence-corrected chi connectivity index (χ3v) is 8.80. The summed E-state index contributed by atoms with van der Waals surface area (Å²) in [5.74, 6) is 1.45. The average Bonchev–Trinajstić information content (AvgIpc) is 3.46.